The lowest BCUT2D eigenvalue weighted by Crippen LogP contribution is -2.48. The van der Waals surface area contributed by atoms with Crippen LogP contribution in [-0.4, -0.2) is 43.8 Å². The number of ketones is 1. The van der Waals surface area contributed by atoms with Gasteiger partial charge in [0.25, 0.3) is 5.91 Å². The fourth-order valence-electron chi connectivity index (χ4n) is 3.10. The highest BCUT2D eigenvalue weighted by atomic mass is 32.2. The molecule has 1 N–H and O–H groups in total. The van der Waals surface area contributed by atoms with Crippen molar-refractivity contribution in [2.75, 3.05) is 18.1 Å². The standard InChI is InChI=1S/C20H20FNO5S/c1-20(10-11-28(25,26)13-20)22-18(23)12-27-17-8-4-15(5-9-17)19(24)14-2-6-16(21)7-3-14/h2-9H,10-13H2,1H3,(H,22,23)/t20-/m1/s1. The molecular weight excluding hydrogens is 385 g/mol. The van der Waals surface area contributed by atoms with Crippen molar-refractivity contribution in [3.8, 4) is 5.75 Å². The summed E-state index contributed by atoms with van der Waals surface area (Å²) in [6.07, 6.45) is 0.376. The number of hydrogen-bond acceptors (Lipinski definition) is 5. The quantitative estimate of drug-likeness (QED) is 0.744. The average molecular weight is 405 g/mol. The molecule has 1 saturated heterocycles. The molecule has 0 radical (unpaired) electrons. The number of amides is 1. The maximum absolute atomic E-state index is 13.0. The third-order valence-electron chi connectivity index (χ3n) is 4.54. The van der Waals surface area contributed by atoms with Crippen LogP contribution in [0.25, 0.3) is 0 Å². The van der Waals surface area contributed by atoms with E-state index in [1.807, 2.05) is 0 Å². The first-order valence-corrected chi connectivity index (χ1v) is 10.5. The van der Waals surface area contributed by atoms with Crippen LogP contribution in [0.2, 0.25) is 0 Å². The summed E-state index contributed by atoms with van der Waals surface area (Å²) < 4.78 is 41.5. The van der Waals surface area contributed by atoms with Crippen molar-refractivity contribution >= 4 is 21.5 Å². The Labute approximate surface area is 162 Å². The summed E-state index contributed by atoms with van der Waals surface area (Å²) in [5, 5.41) is 2.71. The second-order valence-electron chi connectivity index (χ2n) is 7.10. The molecule has 0 bridgehead atoms. The zero-order chi connectivity index (χ0) is 20.4. The Bertz CT molecular complexity index is 986. The first-order chi connectivity index (χ1) is 13.2. The van der Waals surface area contributed by atoms with Gasteiger partial charge in [-0.05, 0) is 61.9 Å². The van der Waals surface area contributed by atoms with E-state index >= 15 is 0 Å². The van der Waals surface area contributed by atoms with Crippen molar-refractivity contribution in [3.63, 3.8) is 0 Å². The van der Waals surface area contributed by atoms with E-state index < -0.39 is 27.1 Å². The SMILES string of the molecule is C[C@@]1(NC(=O)COc2ccc(C(=O)c3ccc(F)cc3)cc2)CCS(=O)(=O)C1. The monoisotopic (exact) mass is 405 g/mol. The van der Waals surface area contributed by atoms with Crippen LogP contribution in [0.1, 0.15) is 29.3 Å². The third kappa shape index (κ3) is 4.95. The van der Waals surface area contributed by atoms with E-state index in [9.17, 15) is 22.4 Å². The van der Waals surface area contributed by atoms with E-state index in [0.717, 1.165) is 0 Å². The average Bonchev–Trinajstić information content (AvgIpc) is 2.93. The van der Waals surface area contributed by atoms with Gasteiger partial charge in [0.05, 0.1) is 17.0 Å². The van der Waals surface area contributed by atoms with E-state index in [-0.39, 0.29) is 23.9 Å². The minimum atomic E-state index is -3.11. The Morgan fingerprint density at radius 1 is 1.07 bits per heavy atom. The minimum Gasteiger partial charge on any atom is -0.484 e. The number of rotatable bonds is 6. The molecule has 1 fully saturated rings. The Morgan fingerprint density at radius 2 is 1.64 bits per heavy atom. The van der Waals surface area contributed by atoms with Gasteiger partial charge in [-0.1, -0.05) is 0 Å². The summed E-state index contributed by atoms with van der Waals surface area (Å²) in [5.74, 6) is -0.691. The third-order valence-corrected chi connectivity index (χ3v) is 6.44. The van der Waals surface area contributed by atoms with Gasteiger partial charge < -0.3 is 10.1 Å². The van der Waals surface area contributed by atoms with E-state index in [4.69, 9.17) is 4.74 Å². The molecule has 1 amide bonds. The maximum atomic E-state index is 13.0. The molecule has 8 heteroatoms. The summed E-state index contributed by atoms with van der Waals surface area (Å²) in [6, 6.07) is 11.5. The number of carbonyl (C=O) groups excluding carboxylic acids is 2. The molecule has 0 unspecified atom stereocenters. The predicted octanol–water partition coefficient (Wildman–Crippen LogP) is 2.13. The van der Waals surface area contributed by atoms with Crippen molar-refractivity contribution in [1.29, 1.82) is 0 Å². The number of halogens is 1. The van der Waals surface area contributed by atoms with Gasteiger partial charge in [0.15, 0.2) is 22.2 Å². The van der Waals surface area contributed by atoms with Crippen LogP contribution in [0, 0.1) is 5.82 Å². The molecule has 1 aliphatic heterocycles. The van der Waals surface area contributed by atoms with Crippen LogP contribution < -0.4 is 10.1 Å². The van der Waals surface area contributed by atoms with Crippen LogP contribution in [0.4, 0.5) is 4.39 Å². The van der Waals surface area contributed by atoms with Crippen LogP contribution in [-0.2, 0) is 14.6 Å². The molecule has 0 spiro atoms. The molecule has 1 aliphatic rings. The Kier molecular flexibility index (Phi) is 5.51. The summed E-state index contributed by atoms with van der Waals surface area (Å²) in [6.45, 7) is 1.44. The molecule has 6 nitrogen and oxygen atoms in total. The number of benzene rings is 2. The molecule has 2 aromatic carbocycles. The van der Waals surface area contributed by atoms with Crippen LogP contribution in [0.5, 0.6) is 5.75 Å². The number of hydrogen-bond donors (Lipinski definition) is 1. The molecule has 1 atom stereocenters. The molecule has 2 aromatic rings. The van der Waals surface area contributed by atoms with E-state index in [1.54, 1.807) is 31.2 Å². The zero-order valence-electron chi connectivity index (χ0n) is 15.3. The lowest BCUT2D eigenvalue weighted by atomic mass is 10.0. The zero-order valence-corrected chi connectivity index (χ0v) is 16.1. The Balaban J connectivity index is 1.55. The smallest absolute Gasteiger partial charge is 0.258 e. The number of nitrogens with one attached hydrogen (secondary N) is 1. The van der Waals surface area contributed by atoms with Gasteiger partial charge in [-0.25, -0.2) is 12.8 Å². The van der Waals surface area contributed by atoms with E-state index in [2.05, 4.69) is 5.32 Å². The topological polar surface area (TPSA) is 89.5 Å². The van der Waals surface area contributed by atoms with Gasteiger partial charge in [-0.3, -0.25) is 9.59 Å². The molecule has 148 valence electrons. The summed E-state index contributed by atoms with van der Waals surface area (Å²) in [4.78, 5) is 24.4. The lowest BCUT2D eigenvalue weighted by molar-refractivity contribution is -0.124. The van der Waals surface area contributed by atoms with Crippen LogP contribution in [0.15, 0.2) is 48.5 Å². The van der Waals surface area contributed by atoms with Crippen molar-refractivity contribution in [2.45, 2.75) is 18.9 Å². The molecule has 28 heavy (non-hydrogen) atoms. The molecule has 3 rings (SSSR count). The van der Waals surface area contributed by atoms with Gasteiger partial charge in [0, 0.05) is 11.1 Å². The van der Waals surface area contributed by atoms with Crippen molar-refractivity contribution < 1.29 is 27.1 Å². The largest absolute Gasteiger partial charge is 0.484 e. The minimum absolute atomic E-state index is 0.0637. The Morgan fingerprint density at radius 3 is 2.18 bits per heavy atom. The predicted molar refractivity (Wildman–Crippen MR) is 102 cm³/mol. The van der Waals surface area contributed by atoms with E-state index in [0.29, 0.717) is 23.3 Å². The fraction of sp³-hybridized carbons (Fsp3) is 0.300. The summed E-state index contributed by atoms with van der Waals surface area (Å²) in [7, 11) is -3.11. The second-order valence-corrected chi connectivity index (χ2v) is 9.28. The number of carbonyl (C=O) groups is 2. The molecule has 0 aliphatic carbocycles. The molecule has 0 saturated carbocycles. The van der Waals surface area contributed by atoms with Crippen molar-refractivity contribution in [2.24, 2.45) is 0 Å². The highest BCUT2D eigenvalue weighted by Crippen LogP contribution is 2.23. The fourth-order valence-corrected chi connectivity index (χ4v) is 5.19. The van der Waals surface area contributed by atoms with E-state index in [1.165, 1.54) is 24.3 Å². The summed E-state index contributed by atoms with van der Waals surface area (Å²) >= 11 is 0. The normalized spacial score (nSPS) is 20.5. The van der Waals surface area contributed by atoms with Gasteiger partial charge >= 0.3 is 0 Å². The number of sulfone groups is 1. The van der Waals surface area contributed by atoms with Gasteiger partial charge in [0.1, 0.15) is 11.6 Å². The van der Waals surface area contributed by atoms with Crippen LogP contribution >= 0.6 is 0 Å². The molecular formula is C20H20FNO5S. The second kappa shape index (κ2) is 7.71. The lowest BCUT2D eigenvalue weighted by Gasteiger charge is -2.23. The van der Waals surface area contributed by atoms with Crippen molar-refractivity contribution in [1.82, 2.24) is 5.32 Å². The van der Waals surface area contributed by atoms with Gasteiger partial charge in [0.2, 0.25) is 0 Å². The first kappa shape index (κ1) is 20.0. The number of ether oxygens (including phenoxy) is 1. The summed E-state index contributed by atoms with van der Waals surface area (Å²) in [5.41, 5.74) is 0.00587. The highest BCUT2D eigenvalue weighted by molar-refractivity contribution is 7.91. The van der Waals surface area contributed by atoms with Crippen LogP contribution in [0.3, 0.4) is 0 Å². The molecule has 0 aromatic heterocycles. The first-order valence-electron chi connectivity index (χ1n) is 8.70. The van der Waals surface area contributed by atoms with Crippen molar-refractivity contribution in [3.05, 3.63) is 65.5 Å². The van der Waals surface area contributed by atoms with Gasteiger partial charge in [-0.15, -0.1) is 0 Å². The van der Waals surface area contributed by atoms with Gasteiger partial charge in [-0.2, -0.15) is 0 Å². The Hall–Kier alpha value is -2.74. The molecule has 1 heterocycles. The maximum Gasteiger partial charge on any atom is 0.258 e. The highest BCUT2D eigenvalue weighted by Gasteiger charge is 2.39.